The van der Waals surface area contributed by atoms with Crippen LogP contribution in [0, 0.1) is 12.9 Å². The molecule has 0 spiro atoms. The van der Waals surface area contributed by atoms with Crippen molar-refractivity contribution in [3.05, 3.63) is 54.0 Å². The highest BCUT2D eigenvalue weighted by Crippen LogP contribution is 2.24. The number of amides is 1. The number of imidazole rings is 1. The molecule has 0 aliphatic carbocycles. The molecule has 1 fully saturated rings. The van der Waals surface area contributed by atoms with Crippen molar-refractivity contribution < 1.29 is 9.18 Å². The number of hydrogen-bond donors (Lipinski definition) is 0. The van der Waals surface area contributed by atoms with Gasteiger partial charge in [0.25, 0.3) is 5.91 Å². The van der Waals surface area contributed by atoms with Gasteiger partial charge in [-0.3, -0.25) is 13.9 Å². The second-order valence-electron chi connectivity index (χ2n) is 6.89. The molecule has 0 radical (unpaired) electrons. The zero-order chi connectivity index (χ0) is 18.1. The monoisotopic (exact) mass is 355 g/mol. The lowest BCUT2D eigenvalue weighted by molar-refractivity contribution is 0.0583. The largest absolute Gasteiger partial charge is 0.334 e. The minimum Gasteiger partial charge on any atom is -0.334 e. The van der Waals surface area contributed by atoms with E-state index in [4.69, 9.17) is 0 Å². The van der Waals surface area contributed by atoms with Crippen LogP contribution >= 0.6 is 0 Å². The Kier molecular flexibility index (Phi) is 4.44. The molecule has 0 saturated carbocycles. The van der Waals surface area contributed by atoms with Gasteiger partial charge in [0, 0.05) is 37.7 Å². The summed E-state index contributed by atoms with van der Waals surface area (Å²) in [5.41, 5.74) is 1.30. The van der Waals surface area contributed by atoms with Gasteiger partial charge in [0.2, 0.25) is 5.95 Å². The average Bonchev–Trinajstić information content (AvgIpc) is 3.28. The van der Waals surface area contributed by atoms with Crippen LogP contribution < -0.4 is 0 Å². The number of fused-ring (bicyclic) bond motifs is 1. The van der Waals surface area contributed by atoms with Crippen molar-refractivity contribution in [2.24, 2.45) is 0 Å². The Balaban J connectivity index is 1.57. The maximum Gasteiger partial charge on any atom is 0.277 e. The number of likely N-dealkylation sites (tertiary alicyclic amines) is 1. The molecular formula is C19H22FN5O. The van der Waals surface area contributed by atoms with E-state index in [-0.39, 0.29) is 17.6 Å². The zero-order valence-corrected chi connectivity index (χ0v) is 14.8. The van der Waals surface area contributed by atoms with Gasteiger partial charge in [0.05, 0.1) is 0 Å². The number of aryl methyl sites for hydroxylation is 2. The lowest BCUT2D eigenvalue weighted by Gasteiger charge is -2.35. The molecule has 0 aromatic carbocycles. The van der Waals surface area contributed by atoms with Gasteiger partial charge in [-0.05, 0) is 50.3 Å². The van der Waals surface area contributed by atoms with E-state index in [1.807, 2.05) is 29.9 Å². The van der Waals surface area contributed by atoms with E-state index in [0.29, 0.717) is 12.2 Å². The summed E-state index contributed by atoms with van der Waals surface area (Å²) in [6.07, 6.45) is 9.10. The summed E-state index contributed by atoms with van der Waals surface area (Å²) in [6.45, 7) is 3.28. The van der Waals surface area contributed by atoms with Crippen molar-refractivity contribution in [1.82, 2.24) is 24.1 Å². The van der Waals surface area contributed by atoms with E-state index in [9.17, 15) is 9.18 Å². The van der Waals surface area contributed by atoms with Crippen LogP contribution in [0.3, 0.4) is 0 Å². The fourth-order valence-corrected chi connectivity index (χ4v) is 3.68. The van der Waals surface area contributed by atoms with E-state index in [0.717, 1.165) is 37.8 Å². The lowest BCUT2D eigenvalue weighted by Crippen LogP contribution is -2.44. The number of rotatable bonds is 4. The van der Waals surface area contributed by atoms with Gasteiger partial charge in [0.1, 0.15) is 5.65 Å². The quantitative estimate of drug-likeness (QED) is 0.723. The van der Waals surface area contributed by atoms with Crippen LogP contribution in [-0.2, 0) is 6.54 Å². The van der Waals surface area contributed by atoms with Crippen molar-refractivity contribution in [2.75, 3.05) is 6.54 Å². The van der Waals surface area contributed by atoms with E-state index in [1.54, 1.807) is 23.4 Å². The van der Waals surface area contributed by atoms with Crippen LogP contribution in [0.15, 0.2) is 36.8 Å². The Morgan fingerprint density at radius 3 is 3.04 bits per heavy atom. The van der Waals surface area contributed by atoms with Crippen LogP contribution in [0.4, 0.5) is 4.39 Å². The highest BCUT2D eigenvalue weighted by Gasteiger charge is 2.31. The number of piperidine rings is 1. The second-order valence-corrected chi connectivity index (χ2v) is 6.89. The van der Waals surface area contributed by atoms with Gasteiger partial charge >= 0.3 is 0 Å². The van der Waals surface area contributed by atoms with Crippen LogP contribution in [0.5, 0.6) is 0 Å². The fraction of sp³-hybridized carbons (Fsp3) is 0.421. The minimum atomic E-state index is -0.579. The summed E-state index contributed by atoms with van der Waals surface area (Å²) in [5, 5.41) is 4.22. The van der Waals surface area contributed by atoms with Crippen LogP contribution in [0.2, 0.25) is 0 Å². The molecular weight excluding hydrogens is 333 g/mol. The summed E-state index contributed by atoms with van der Waals surface area (Å²) in [7, 11) is 0. The predicted octanol–water partition coefficient (Wildman–Crippen LogP) is 3.06. The number of hydrogen-bond acceptors (Lipinski definition) is 3. The Labute approximate surface area is 151 Å². The van der Waals surface area contributed by atoms with Crippen LogP contribution in [0.1, 0.15) is 41.7 Å². The predicted molar refractivity (Wildman–Crippen MR) is 95.4 cm³/mol. The van der Waals surface area contributed by atoms with Crippen molar-refractivity contribution >= 4 is 11.6 Å². The SMILES string of the molecule is Cc1ccc2nc(C(=O)N3CCCC[C@H]3CCn3cccn3)c(F)n2c1. The first-order valence-corrected chi connectivity index (χ1v) is 9.06. The van der Waals surface area contributed by atoms with Crippen molar-refractivity contribution in [3.63, 3.8) is 0 Å². The highest BCUT2D eigenvalue weighted by atomic mass is 19.1. The van der Waals surface area contributed by atoms with Gasteiger partial charge in [-0.2, -0.15) is 9.49 Å². The highest BCUT2D eigenvalue weighted by molar-refractivity contribution is 5.93. The van der Waals surface area contributed by atoms with Gasteiger partial charge in [-0.1, -0.05) is 6.07 Å². The zero-order valence-electron chi connectivity index (χ0n) is 14.8. The molecule has 3 aromatic heterocycles. The Morgan fingerprint density at radius 2 is 2.23 bits per heavy atom. The third kappa shape index (κ3) is 3.09. The Morgan fingerprint density at radius 1 is 1.35 bits per heavy atom. The smallest absolute Gasteiger partial charge is 0.277 e. The average molecular weight is 355 g/mol. The molecule has 6 nitrogen and oxygen atoms in total. The first-order valence-electron chi connectivity index (χ1n) is 9.06. The third-order valence-electron chi connectivity index (χ3n) is 5.05. The Hall–Kier alpha value is -2.70. The van der Waals surface area contributed by atoms with E-state index in [2.05, 4.69) is 10.1 Å². The lowest BCUT2D eigenvalue weighted by atomic mass is 9.99. The number of carbonyl (C=O) groups excluding carboxylic acids is 1. The molecule has 136 valence electrons. The molecule has 1 aliphatic heterocycles. The third-order valence-corrected chi connectivity index (χ3v) is 5.05. The molecule has 26 heavy (non-hydrogen) atoms. The number of halogens is 1. The molecule has 4 rings (SSSR count). The molecule has 1 aliphatic rings. The summed E-state index contributed by atoms with van der Waals surface area (Å²) >= 11 is 0. The molecule has 0 N–H and O–H groups in total. The first-order chi connectivity index (χ1) is 12.6. The molecule has 0 unspecified atom stereocenters. The second kappa shape index (κ2) is 6.90. The summed E-state index contributed by atoms with van der Waals surface area (Å²) in [6, 6.07) is 5.58. The summed E-state index contributed by atoms with van der Waals surface area (Å²) in [5.74, 6) is -0.890. The maximum atomic E-state index is 14.8. The van der Waals surface area contributed by atoms with E-state index < -0.39 is 5.95 Å². The first kappa shape index (κ1) is 16.8. The topological polar surface area (TPSA) is 55.4 Å². The van der Waals surface area contributed by atoms with Gasteiger partial charge < -0.3 is 4.90 Å². The summed E-state index contributed by atoms with van der Waals surface area (Å²) in [4.78, 5) is 19.1. The van der Waals surface area contributed by atoms with Crippen molar-refractivity contribution in [1.29, 1.82) is 0 Å². The molecule has 0 bridgehead atoms. The van der Waals surface area contributed by atoms with Gasteiger partial charge in [-0.25, -0.2) is 4.98 Å². The minimum absolute atomic E-state index is 0.0819. The number of carbonyl (C=O) groups is 1. The van der Waals surface area contributed by atoms with Gasteiger partial charge in [-0.15, -0.1) is 0 Å². The van der Waals surface area contributed by atoms with E-state index >= 15 is 0 Å². The molecule has 4 heterocycles. The number of nitrogens with zero attached hydrogens (tertiary/aromatic N) is 5. The fourth-order valence-electron chi connectivity index (χ4n) is 3.68. The van der Waals surface area contributed by atoms with E-state index in [1.165, 1.54) is 4.40 Å². The number of pyridine rings is 1. The molecule has 1 saturated heterocycles. The molecule has 1 amide bonds. The van der Waals surface area contributed by atoms with Crippen molar-refractivity contribution in [3.8, 4) is 0 Å². The maximum absolute atomic E-state index is 14.8. The van der Waals surface area contributed by atoms with Crippen LogP contribution in [-0.4, -0.2) is 42.6 Å². The Bertz CT molecular complexity index is 918. The number of aromatic nitrogens is 4. The molecule has 1 atom stereocenters. The molecule has 7 heteroatoms. The van der Waals surface area contributed by atoms with Crippen molar-refractivity contribution in [2.45, 2.75) is 45.2 Å². The normalized spacial score (nSPS) is 17.8. The van der Waals surface area contributed by atoms with Gasteiger partial charge in [0.15, 0.2) is 5.69 Å². The van der Waals surface area contributed by atoms with Crippen LogP contribution in [0.25, 0.3) is 5.65 Å². The standard InChI is InChI=1S/C19H22FN5O/c1-14-6-7-16-22-17(18(20)25(16)13-14)19(26)24-11-3-2-5-15(24)8-12-23-10-4-9-21-23/h4,6-7,9-10,13,15H,2-3,5,8,11-12H2,1H3/t15-/m0/s1. The molecule has 3 aromatic rings. The summed E-state index contributed by atoms with van der Waals surface area (Å²) < 4.78 is 18.0.